The van der Waals surface area contributed by atoms with Crippen molar-refractivity contribution in [3.05, 3.63) is 65.2 Å². The molecular weight excluding hydrogens is 296 g/mol. The van der Waals surface area contributed by atoms with Crippen LogP contribution in [0.1, 0.15) is 30.0 Å². The van der Waals surface area contributed by atoms with Gasteiger partial charge in [0.25, 0.3) is 0 Å². The molecule has 1 aliphatic heterocycles. The molecule has 124 valence electrons. The van der Waals surface area contributed by atoms with Gasteiger partial charge in [-0.1, -0.05) is 42.0 Å². The van der Waals surface area contributed by atoms with E-state index >= 15 is 0 Å². The van der Waals surface area contributed by atoms with Crippen molar-refractivity contribution in [1.82, 2.24) is 4.90 Å². The summed E-state index contributed by atoms with van der Waals surface area (Å²) in [6.07, 6.45) is 3.05. The van der Waals surface area contributed by atoms with Crippen molar-refractivity contribution in [2.45, 2.75) is 44.7 Å². The van der Waals surface area contributed by atoms with Gasteiger partial charge >= 0.3 is 0 Å². The molecule has 1 heterocycles. The molecule has 0 aromatic heterocycles. The minimum absolute atomic E-state index is 0.119. The number of likely N-dealkylation sites (tertiary alicyclic amines) is 1. The van der Waals surface area contributed by atoms with E-state index in [-0.39, 0.29) is 5.91 Å². The summed E-state index contributed by atoms with van der Waals surface area (Å²) < 4.78 is 0. The number of nitrogens with one attached hydrogen (secondary N) is 1. The Bertz CT molecular complexity index is 743. The van der Waals surface area contributed by atoms with Crippen LogP contribution in [0, 0.1) is 6.92 Å². The summed E-state index contributed by atoms with van der Waals surface area (Å²) in [6.45, 7) is 5.15. The van der Waals surface area contributed by atoms with Crippen LogP contribution in [0.3, 0.4) is 0 Å². The van der Waals surface area contributed by atoms with Gasteiger partial charge in [-0.25, -0.2) is 0 Å². The Labute approximate surface area is 143 Å². The topological polar surface area (TPSA) is 32.3 Å². The molecule has 1 atom stereocenters. The van der Waals surface area contributed by atoms with E-state index in [0.717, 1.165) is 31.5 Å². The fraction of sp³-hybridized carbons (Fsp3) is 0.381. The molecule has 1 fully saturated rings. The highest BCUT2D eigenvalue weighted by atomic mass is 16.2. The van der Waals surface area contributed by atoms with E-state index in [1.807, 2.05) is 24.3 Å². The minimum atomic E-state index is -0.391. The zero-order valence-corrected chi connectivity index (χ0v) is 14.4. The van der Waals surface area contributed by atoms with E-state index in [1.54, 1.807) is 0 Å². The smallest absolute Gasteiger partial charge is 0.244 e. The number of carbonyl (C=O) groups excluding carboxylic acids is 1. The molecule has 1 N–H and O–H groups in total. The molecule has 2 aromatic carbocycles. The highest BCUT2D eigenvalue weighted by molar-refractivity contribution is 5.98. The molecule has 3 nitrogen and oxygen atoms in total. The van der Waals surface area contributed by atoms with Crippen LogP contribution in [0.15, 0.2) is 48.5 Å². The summed E-state index contributed by atoms with van der Waals surface area (Å²) in [5.41, 5.74) is 4.57. The first-order chi connectivity index (χ1) is 11.6. The highest BCUT2D eigenvalue weighted by Crippen LogP contribution is 2.38. The fourth-order valence-corrected chi connectivity index (χ4v) is 4.06. The standard InChI is InChI=1S/C21H24N2O/c1-15-7-9-18(10-8-15)22-20(24)21(2)11-12-23(21)19-13-16-5-3-4-6-17(16)14-19/h3-10,19H,11-14H2,1-2H3,(H,22,24). The highest BCUT2D eigenvalue weighted by Gasteiger charge is 2.50. The zero-order chi connectivity index (χ0) is 16.7. The molecule has 3 heteroatoms. The average molecular weight is 320 g/mol. The van der Waals surface area contributed by atoms with Crippen molar-refractivity contribution >= 4 is 11.6 Å². The van der Waals surface area contributed by atoms with Crippen LogP contribution in [0.25, 0.3) is 0 Å². The molecule has 0 radical (unpaired) electrons. The third-order valence-electron chi connectivity index (χ3n) is 5.74. The van der Waals surface area contributed by atoms with Gasteiger partial charge in [0.15, 0.2) is 0 Å². The molecule has 4 rings (SSSR count). The van der Waals surface area contributed by atoms with Crippen LogP contribution >= 0.6 is 0 Å². The van der Waals surface area contributed by atoms with E-state index in [4.69, 9.17) is 0 Å². The Hall–Kier alpha value is -2.13. The van der Waals surface area contributed by atoms with E-state index in [1.165, 1.54) is 16.7 Å². The third kappa shape index (κ3) is 2.53. The van der Waals surface area contributed by atoms with Gasteiger partial charge in [0.2, 0.25) is 5.91 Å². The van der Waals surface area contributed by atoms with Crippen LogP contribution in [0.5, 0.6) is 0 Å². The molecule has 0 saturated carbocycles. The number of fused-ring (bicyclic) bond motifs is 1. The maximum atomic E-state index is 12.9. The van der Waals surface area contributed by atoms with Crippen LogP contribution in [-0.2, 0) is 17.6 Å². The quantitative estimate of drug-likeness (QED) is 0.938. The van der Waals surface area contributed by atoms with E-state index in [9.17, 15) is 4.79 Å². The van der Waals surface area contributed by atoms with E-state index in [2.05, 4.69) is 48.3 Å². The summed E-state index contributed by atoms with van der Waals surface area (Å²) in [5, 5.41) is 3.11. The molecule has 1 saturated heterocycles. The Morgan fingerprint density at radius 1 is 1.08 bits per heavy atom. The van der Waals surface area contributed by atoms with Gasteiger partial charge in [-0.3, -0.25) is 9.69 Å². The molecule has 1 unspecified atom stereocenters. The normalized spacial score (nSPS) is 23.6. The van der Waals surface area contributed by atoms with Gasteiger partial charge in [-0.05, 0) is 56.4 Å². The lowest BCUT2D eigenvalue weighted by Crippen LogP contribution is -2.67. The fourth-order valence-electron chi connectivity index (χ4n) is 4.06. The van der Waals surface area contributed by atoms with Gasteiger partial charge in [0.05, 0.1) is 5.54 Å². The van der Waals surface area contributed by atoms with Gasteiger partial charge in [0, 0.05) is 18.3 Å². The molecule has 1 amide bonds. The number of nitrogens with zero attached hydrogens (tertiary/aromatic N) is 1. The zero-order valence-electron chi connectivity index (χ0n) is 14.4. The lowest BCUT2D eigenvalue weighted by Gasteiger charge is -2.52. The predicted molar refractivity (Wildman–Crippen MR) is 97.2 cm³/mol. The third-order valence-corrected chi connectivity index (χ3v) is 5.74. The lowest BCUT2D eigenvalue weighted by molar-refractivity contribution is -0.138. The van der Waals surface area contributed by atoms with Gasteiger partial charge in [0.1, 0.15) is 0 Å². The van der Waals surface area contributed by atoms with Crippen molar-refractivity contribution in [1.29, 1.82) is 0 Å². The molecule has 2 aromatic rings. The first kappa shape index (κ1) is 15.4. The summed E-state index contributed by atoms with van der Waals surface area (Å²) in [4.78, 5) is 15.3. The van der Waals surface area contributed by atoms with Crippen LogP contribution in [0.4, 0.5) is 5.69 Å². The molecule has 2 aliphatic rings. The summed E-state index contributed by atoms with van der Waals surface area (Å²) >= 11 is 0. The van der Waals surface area contributed by atoms with Crippen molar-refractivity contribution in [3.63, 3.8) is 0 Å². The SMILES string of the molecule is Cc1ccc(NC(=O)C2(C)CCN2C2Cc3ccccc3C2)cc1. The Balaban J connectivity index is 1.47. The Morgan fingerprint density at radius 2 is 1.71 bits per heavy atom. The number of benzene rings is 2. The monoisotopic (exact) mass is 320 g/mol. The number of rotatable bonds is 3. The molecule has 1 aliphatic carbocycles. The van der Waals surface area contributed by atoms with Crippen LogP contribution < -0.4 is 5.32 Å². The van der Waals surface area contributed by atoms with E-state index < -0.39 is 5.54 Å². The lowest BCUT2D eigenvalue weighted by atomic mass is 9.83. The van der Waals surface area contributed by atoms with Gasteiger partial charge in [-0.15, -0.1) is 0 Å². The molecule has 0 bridgehead atoms. The Morgan fingerprint density at radius 3 is 2.25 bits per heavy atom. The van der Waals surface area contributed by atoms with Crippen molar-refractivity contribution in [2.24, 2.45) is 0 Å². The van der Waals surface area contributed by atoms with Crippen molar-refractivity contribution < 1.29 is 4.79 Å². The average Bonchev–Trinajstić information content (AvgIpc) is 2.98. The second-order valence-electron chi connectivity index (χ2n) is 7.37. The first-order valence-electron chi connectivity index (χ1n) is 8.78. The van der Waals surface area contributed by atoms with Gasteiger partial charge in [-0.2, -0.15) is 0 Å². The maximum absolute atomic E-state index is 12.9. The van der Waals surface area contributed by atoms with Crippen molar-refractivity contribution in [2.75, 3.05) is 11.9 Å². The van der Waals surface area contributed by atoms with E-state index in [0.29, 0.717) is 6.04 Å². The number of amides is 1. The summed E-state index contributed by atoms with van der Waals surface area (Å²) in [6, 6.07) is 17.1. The van der Waals surface area contributed by atoms with Crippen LogP contribution in [0.2, 0.25) is 0 Å². The Kier molecular flexibility index (Phi) is 3.69. The molecule has 0 spiro atoms. The number of hydrogen-bond donors (Lipinski definition) is 1. The summed E-state index contributed by atoms with van der Waals surface area (Å²) in [7, 11) is 0. The van der Waals surface area contributed by atoms with Gasteiger partial charge < -0.3 is 5.32 Å². The molecular formula is C21H24N2O. The largest absolute Gasteiger partial charge is 0.324 e. The second kappa shape index (κ2) is 5.75. The van der Waals surface area contributed by atoms with Crippen LogP contribution in [-0.4, -0.2) is 28.9 Å². The number of aryl methyl sites for hydroxylation is 1. The maximum Gasteiger partial charge on any atom is 0.244 e. The predicted octanol–water partition coefficient (Wildman–Crippen LogP) is 3.57. The number of anilines is 1. The number of carbonyl (C=O) groups is 1. The first-order valence-corrected chi connectivity index (χ1v) is 8.78. The second-order valence-corrected chi connectivity index (χ2v) is 7.37. The number of hydrogen-bond acceptors (Lipinski definition) is 2. The minimum Gasteiger partial charge on any atom is -0.324 e. The van der Waals surface area contributed by atoms with Crippen molar-refractivity contribution in [3.8, 4) is 0 Å². The summed E-state index contributed by atoms with van der Waals surface area (Å²) in [5.74, 6) is 0.119. The molecule has 24 heavy (non-hydrogen) atoms.